The monoisotopic (exact) mass is 413 g/mol. The smallest absolute Gasteiger partial charge is 0.275 e. The normalized spacial score (nSPS) is 15.4. The lowest BCUT2D eigenvalue weighted by atomic mass is 10.1. The van der Waals surface area contributed by atoms with Gasteiger partial charge in [0.1, 0.15) is 0 Å². The number of halogens is 1. The Hall–Kier alpha value is -2.85. The standard InChI is InChI=1S/C19H20FN7OS/c1-11-9-26-10-12(7-14(20)17(26)22-11)15-8-16(28)27-18(23-15)29-19(24-27)25(2)13-3-5-21-6-4-13/h7-10,13,21H,3-6H2,1-2H3. The van der Waals surface area contributed by atoms with Crippen LogP contribution in [0.15, 0.2) is 29.3 Å². The zero-order chi connectivity index (χ0) is 20.1. The Morgan fingerprint density at radius 2 is 2.03 bits per heavy atom. The van der Waals surface area contributed by atoms with Gasteiger partial charge in [-0.3, -0.25) is 4.79 Å². The van der Waals surface area contributed by atoms with Crippen LogP contribution in [-0.4, -0.2) is 50.2 Å². The van der Waals surface area contributed by atoms with Crippen molar-refractivity contribution in [3.8, 4) is 11.3 Å². The molecule has 1 saturated heterocycles. The van der Waals surface area contributed by atoms with Crippen molar-refractivity contribution < 1.29 is 4.39 Å². The van der Waals surface area contributed by atoms with Crippen LogP contribution in [0, 0.1) is 12.7 Å². The van der Waals surface area contributed by atoms with Crippen molar-refractivity contribution in [2.24, 2.45) is 0 Å². The lowest BCUT2D eigenvalue weighted by Gasteiger charge is -2.30. The Morgan fingerprint density at radius 1 is 1.24 bits per heavy atom. The molecule has 0 bridgehead atoms. The van der Waals surface area contributed by atoms with Crippen LogP contribution in [0.2, 0.25) is 0 Å². The fourth-order valence-corrected chi connectivity index (χ4v) is 4.70. The van der Waals surface area contributed by atoms with Crippen molar-refractivity contribution in [1.29, 1.82) is 0 Å². The molecule has 4 aromatic rings. The summed E-state index contributed by atoms with van der Waals surface area (Å²) in [4.78, 5) is 24.0. The molecule has 5 heterocycles. The summed E-state index contributed by atoms with van der Waals surface area (Å²) in [5, 5.41) is 8.58. The third-order valence-corrected chi connectivity index (χ3v) is 6.31. The molecular weight excluding hydrogens is 393 g/mol. The first-order valence-electron chi connectivity index (χ1n) is 9.49. The molecule has 29 heavy (non-hydrogen) atoms. The number of aryl methyl sites for hydroxylation is 1. The van der Waals surface area contributed by atoms with Crippen LogP contribution >= 0.6 is 11.3 Å². The highest BCUT2D eigenvalue weighted by Gasteiger charge is 2.22. The summed E-state index contributed by atoms with van der Waals surface area (Å²) in [5.41, 5.74) is 1.63. The molecule has 150 valence electrons. The largest absolute Gasteiger partial charge is 0.347 e. The van der Waals surface area contributed by atoms with Crippen LogP contribution < -0.4 is 15.8 Å². The average Bonchev–Trinajstić information content (AvgIpc) is 3.31. The Morgan fingerprint density at radius 3 is 2.83 bits per heavy atom. The Balaban J connectivity index is 1.57. The van der Waals surface area contributed by atoms with Gasteiger partial charge in [0.05, 0.1) is 11.4 Å². The predicted molar refractivity (Wildman–Crippen MR) is 110 cm³/mol. The molecule has 1 fully saturated rings. The van der Waals surface area contributed by atoms with Gasteiger partial charge in [-0.1, -0.05) is 11.3 Å². The van der Waals surface area contributed by atoms with Crippen molar-refractivity contribution in [3.05, 3.63) is 46.4 Å². The fourth-order valence-electron chi connectivity index (χ4n) is 3.76. The first-order chi connectivity index (χ1) is 14.0. The van der Waals surface area contributed by atoms with Crippen LogP contribution in [0.1, 0.15) is 18.5 Å². The van der Waals surface area contributed by atoms with E-state index in [1.165, 1.54) is 28.0 Å². The molecule has 0 aromatic carbocycles. The lowest BCUT2D eigenvalue weighted by Crippen LogP contribution is -2.41. The average molecular weight is 413 g/mol. The van der Waals surface area contributed by atoms with Crippen LogP contribution in [-0.2, 0) is 0 Å². The minimum atomic E-state index is -0.451. The molecule has 0 aliphatic carbocycles. The van der Waals surface area contributed by atoms with E-state index in [2.05, 4.69) is 25.3 Å². The maximum Gasteiger partial charge on any atom is 0.275 e. The first kappa shape index (κ1) is 18.2. The van der Waals surface area contributed by atoms with Gasteiger partial charge in [0.2, 0.25) is 10.1 Å². The second kappa shape index (κ2) is 6.89. The second-order valence-corrected chi connectivity index (χ2v) is 8.28. The number of nitrogens with zero attached hydrogens (tertiary/aromatic N) is 6. The van der Waals surface area contributed by atoms with Crippen molar-refractivity contribution in [2.45, 2.75) is 25.8 Å². The molecule has 1 aliphatic heterocycles. The highest BCUT2D eigenvalue weighted by Crippen LogP contribution is 2.27. The Bertz CT molecular complexity index is 1270. The summed E-state index contributed by atoms with van der Waals surface area (Å²) < 4.78 is 17.4. The van der Waals surface area contributed by atoms with Crippen LogP contribution in [0.25, 0.3) is 21.9 Å². The van der Waals surface area contributed by atoms with E-state index in [0.717, 1.165) is 36.8 Å². The predicted octanol–water partition coefficient (Wildman–Crippen LogP) is 2.10. The fraction of sp³-hybridized carbons (Fsp3) is 0.368. The van der Waals surface area contributed by atoms with E-state index in [-0.39, 0.29) is 11.2 Å². The topological polar surface area (TPSA) is 79.8 Å². The van der Waals surface area contributed by atoms with Crippen molar-refractivity contribution in [3.63, 3.8) is 0 Å². The number of piperidine rings is 1. The number of anilines is 1. The van der Waals surface area contributed by atoms with E-state index >= 15 is 0 Å². The van der Waals surface area contributed by atoms with Crippen LogP contribution in [0.4, 0.5) is 9.52 Å². The third-order valence-electron chi connectivity index (χ3n) is 5.31. The molecule has 1 N–H and O–H groups in total. The minimum absolute atomic E-state index is 0.257. The molecule has 4 aromatic heterocycles. The third kappa shape index (κ3) is 3.18. The van der Waals surface area contributed by atoms with Gasteiger partial charge >= 0.3 is 0 Å². The molecule has 0 amide bonds. The second-order valence-electron chi connectivity index (χ2n) is 7.34. The highest BCUT2D eigenvalue weighted by atomic mass is 32.1. The van der Waals surface area contributed by atoms with Gasteiger partial charge in [0.15, 0.2) is 11.5 Å². The number of pyridine rings is 1. The van der Waals surface area contributed by atoms with Gasteiger partial charge in [0, 0.05) is 37.1 Å². The lowest BCUT2D eigenvalue weighted by molar-refractivity contribution is 0.442. The number of fused-ring (bicyclic) bond motifs is 2. The molecule has 0 radical (unpaired) electrons. The number of rotatable bonds is 3. The molecule has 10 heteroatoms. The SMILES string of the molecule is Cc1cn2cc(-c3cc(=O)n4nc(N(C)C5CCNCC5)sc4n3)cc(F)c2n1. The zero-order valence-corrected chi connectivity index (χ0v) is 16.9. The molecule has 5 rings (SSSR count). The van der Waals surface area contributed by atoms with Crippen LogP contribution in [0.5, 0.6) is 0 Å². The van der Waals surface area contributed by atoms with Gasteiger partial charge in [-0.15, -0.1) is 5.10 Å². The van der Waals surface area contributed by atoms with Gasteiger partial charge in [-0.2, -0.15) is 4.52 Å². The summed E-state index contributed by atoms with van der Waals surface area (Å²) in [6.45, 7) is 3.76. The van der Waals surface area contributed by atoms with Gasteiger partial charge < -0.3 is 14.6 Å². The molecule has 0 unspecified atom stereocenters. The molecular formula is C19H20FN7OS. The van der Waals surface area contributed by atoms with E-state index in [1.54, 1.807) is 23.7 Å². The first-order valence-corrected chi connectivity index (χ1v) is 10.3. The number of hydrogen-bond donors (Lipinski definition) is 1. The zero-order valence-electron chi connectivity index (χ0n) is 16.1. The summed E-state index contributed by atoms with van der Waals surface area (Å²) >= 11 is 1.37. The Kier molecular flexibility index (Phi) is 4.32. The molecule has 0 spiro atoms. The van der Waals surface area contributed by atoms with Crippen molar-refractivity contribution in [2.75, 3.05) is 25.0 Å². The molecule has 0 atom stereocenters. The maximum atomic E-state index is 14.5. The quantitative estimate of drug-likeness (QED) is 0.554. The van der Waals surface area contributed by atoms with E-state index in [0.29, 0.717) is 22.3 Å². The summed E-state index contributed by atoms with van der Waals surface area (Å²) in [6.07, 6.45) is 5.54. The van der Waals surface area contributed by atoms with Gasteiger partial charge in [-0.05, 0) is 38.9 Å². The minimum Gasteiger partial charge on any atom is -0.347 e. The summed E-state index contributed by atoms with van der Waals surface area (Å²) in [6, 6.07) is 3.14. The van der Waals surface area contributed by atoms with E-state index < -0.39 is 5.82 Å². The summed E-state index contributed by atoms with van der Waals surface area (Å²) in [5.74, 6) is -0.451. The van der Waals surface area contributed by atoms with Crippen molar-refractivity contribution in [1.82, 2.24) is 29.3 Å². The van der Waals surface area contributed by atoms with E-state index in [9.17, 15) is 9.18 Å². The number of nitrogens with one attached hydrogen (secondary N) is 1. The molecule has 0 saturated carbocycles. The number of imidazole rings is 1. The van der Waals surface area contributed by atoms with Crippen LogP contribution in [0.3, 0.4) is 0 Å². The molecule has 8 nitrogen and oxygen atoms in total. The number of hydrogen-bond acceptors (Lipinski definition) is 7. The molecule has 1 aliphatic rings. The maximum absolute atomic E-state index is 14.5. The van der Waals surface area contributed by atoms with E-state index in [1.807, 2.05) is 7.05 Å². The van der Waals surface area contributed by atoms with Crippen molar-refractivity contribution >= 4 is 27.1 Å². The van der Waals surface area contributed by atoms with Gasteiger partial charge in [0.25, 0.3) is 5.56 Å². The number of aromatic nitrogens is 5. The summed E-state index contributed by atoms with van der Waals surface area (Å²) in [7, 11) is 2.00. The van der Waals surface area contributed by atoms with Gasteiger partial charge in [-0.25, -0.2) is 14.4 Å². The Labute approximate surface area is 169 Å². The highest BCUT2D eigenvalue weighted by molar-refractivity contribution is 7.20. The van der Waals surface area contributed by atoms with E-state index in [4.69, 9.17) is 0 Å².